The summed E-state index contributed by atoms with van der Waals surface area (Å²) in [5.74, 6) is 1.02. The second-order valence-electron chi connectivity index (χ2n) is 6.52. The van der Waals surface area contributed by atoms with E-state index in [1.165, 1.54) is 19.3 Å². The van der Waals surface area contributed by atoms with Crippen molar-refractivity contribution in [1.29, 1.82) is 0 Å². The zero-order chi connectivity index (χ0) is 16.8. The van der Waals surface area contributed by atoms with Gasteiger partial charge in [-0.2, -0.15) is 0 Å². The Hall–Kier alpha value is -0.130. The standard InChI is InChI=1S/C15H30N4O3S.HI/c1-16-14(17-8-10-19-9-4-12-23(19,20)21)18-13-15(5-3-6-15)7-11-22-2;/h3-13H2,1-2H3,(H2,16,17,18);1H. The minimum Gasteiger partial charge on any atom is -0.385 e. The van der Waals surface area contributed by atoms with Crippen molar-refractivity contribution in [2.24, 2.45) is 10.4 Å². The molecule has 0 atom stereocenters. The number of methoxy groups -OCH3 is 1. The van der Waals surface area contributed by atoms with Crippen LogP contribution < -0.4 is 10.6 Å². The molecule has 1 heterocycles. The third-order valence-corrected chi connectivity index (χ3v) is 6.92. The fourth-order valence-electron chi connectivity index (χ4n) is 3.24. The van der Waals surface area contributed by atoms with Crippen LogP contribution in [0.25, 0.3) is 0 Å². The molecule has 2 rings (SSSR count). The molecule has 0 radical (unpaired) electrons. The molecule has 7 nitrogen and oxygen atoms in total. The number of ether oxygens (including phenoxy) is 1. The molecule has 0 aromatic heterocycles. The Labute approximate surface area is 163 Å². The molecule has 0 amide bonds. The van der Waals surface area contributed by atoms with E-state index in [-0.39, 0.29) is 29.7 Å². The number of aliphatic imine (C=N–C) groups is 1. The molecule has 0 bridgehead atoms. The van der Waals surface area contributed by atoms with Crippen LogP contribution in [-0.2, 0) is 14.8 Å². The maximum Gasteiger partial charge on any atom is 0.214 e. The minimum absolute atomic E-state index is 0. The lowest BCUT2D eigenvalue weighted by molar-refractivity contribution is 0.0732. The molecule has 2 fully saturated rings. The summed E-state index contributed by atoms with van der Waals surface area (Å²) in [6.07, 6.45) is 5.54. The van der Waals surface area contributed by atoms with E-state index < -0.39 is 10.0 Å². The van der Waals surface area contributed by atoms with Gasteiger partial charge in [0.1, 0.15) is 0 Å². The fraction of sp³-hybridized carbons (Fsp3) is 0.933. The lowest BCUT2D eigenvalue weighted by Gasteiger charge is -2.42. The molecule has 0 spiro atoms. The molecule has 2 N–H and O–H groups in total. The Kier molecular flexibility index (Phi) is 9.24. The zero-order valence-corrected chi connectivity index (χ0v) is 17.9. The topological polar surface area (TPSA) is 83.0 Å². The van der Waals surface area contributed by atoms with Crippen LogP contribution in [-0.4, -0.2) is 71.4 Å². The van der Waals surface area contributed by atoms with Gasteiger partial charge in [0.25, 0.3) is 0 Å². The van der Waals surface area contributed by atoms with E-state index in [1.807, 2.05) is 0 Å². The van der Waals surface area contributed by atoms with Crippen LogP contribution >= 0.6 is 24.0 Å². The van der Waals surface area contributed by atoms with Crippen LogP contribution in [0.3, 0.4) is 0 Å². The molecule has 24 heavy (non-hydrogen) atoms. The van der Waals surface area contributed by atoms with Gasteiger partial charge in [-0.1, -0.05) is 6.42 Å². The molecule has 1 aliphatic heterocycles. The summed E-state index contributed by atoms with van der Waals surface area (Å²) in [6, 6.07) is 0. The molecule has 0 unspecified atom stereocenters. The SMILES string of the molecule is CN=C(NCCN1CCCS1(=O)=O)NCC1(CCOC)CCC1.I. The molecular weight excluding hydrogens is 443 g/mol. The smallest absolute Gasteiger partial charge is 0.214 e. The van der Waals surface area contributed by atoms with Crippen molar-refractivity contribution in [1.82, 2.24) is 14.9 Å². The number of sulfonamides is 1. The van der Waals surface area contributed by atoms with Crippen LogP contribution in [0, 0.1) is 5.41 Å². The highest BCUT2D eigenvalue weighted by Gasteiger charge is 2.36. The normalized spacial score (nSPS) is 22.5. The molecule has 1 saturated heterocycles. The van der Waals surface area contributed by atoms with E-state index in [9.17, 15) is 8.42 Å². The maximum absolute atomic E-state index is 11.8. The van der Waals surface area contributed by atoms with Gasteiger partial charge in [0.2, 0.25) is 10.0 Å². The van der Waals surface area contributed by atoms with E-state index in [2.05, 4.69) is 15.6 Å². The predicted molar refractivity (Wildman–Crippen MR) is 108 cm³/mol. The molecule has 0 aromatic carbocycles. The van der Waals surface area contributed by atoms with E-state index in [4.69, 9.17) is 4.74 Å². The number of hydrogen-bond donors (Lipinski definition) is 2. The summed E-state index contributed by atoms with van der Waals surface area (Å²) in [7, 11) is 0.470. The largest absolute Gasteiger partial charge is 0.385 e. The first-order valence-corrected chi connectivity index (χ1v) is 10.0. The van der Waals surface area contributed by atoms with Gasteiger partial charge in [-0.3, -0.25) is 4.99 Å². The van der Waals surface area contributed by atoms with Gasteiger partial charge in [0.05, 0.1) is 5.75 Å². The van der Waals surface area contributed by atoms with Crippen LogP contribution in [0.15, 0.2) is 4.99 Å². The number of guanidine groups is 1. The van der Waals surface area contributed by atoms with Crippen molar-refractivity contribution in [2.45, 2.75) is 32.1 Å². The highest BCUT2D eigenvalue weighted by molar-refractivity contribution is 14.0. The van der Waals surface area contributed by atoms with Gasteiger partial charge in [0.15, 0.2) is 5.96 Å². The van der Waals surface area contributed by atoms with Crippen molar-refractivity contribution in [3.8, 4) is 0 Å². The Morgan fingerprint density at radius 3 is 2.54 bits per heavy atom. The summed E-state index contributed by atoms with van der Waals surface area (Å²) >= 11 is 0. The Balaban J connectivity index is 0.00000288. The average Bonchev–Trinajstić information content (AvgIpc) is 2.82. The summed E-state index contributed by atoms with van der Waals surface area (Å²) in [5, 5.41) is 6.60. The van der Waals surface area contributed by atoms with Crippen molar-refractivity contribution >= 4 is 40.0 Å². The van der Waals surface area contributed by atoms with Gasteiger partial charge in [-0.15, -0.1) is 24.0 Å². The number of hydrogen-bond acceptors (Lipinski definition) is 4. The Bertz CT molecular complexity index is 509. The lowest BCUT2D eigenvalue weighted by Crippen LogP contribution is -2.48. The van der Waals surface area contributed by atoms with Crippen molar-refractivity contribution < 1.29 is 13.2 Å². The second-order valence-corrected chi connectivity index (χ2v) is 8.61. The third-order valence-electron chi connectivity index (χ3n) is 4.96. The summed E-state index contributed by atoms with van der Waals surface area (Å²) in [6.45, 7) is 3.39. The van der Waals surface area contributed by atoms with Crippen molar-refractivity contribution in [3.05, 3.63) is 0 Å². The molecule has 9 heteroatoms. The number of nitrogens with one attached hydrogen (secondary N) is 2. The zero-order valence-electron chi connectivity index (χ0n) is 14.7. The molecule has 2 aliphatic rings. The van der Waals surface area contributed by atoms with Crippen LogP contribution in [0.5, 0.6) is 0 Å². The molecular formula is C15H31IN4O3S. The first-order valence-electron chi connectivity index (χ1n) is 8.43. The van der Waals surface area contributed by atoms with Crippen LogP contribution in [0.2, 0.25) is 0 Å². The van der Waals surface area contributed by atoms with E-state index in [0.717, 1.165) is 32.0 Å². The molecule has 1 aliphatic carbocycles. The predicted octanol–water partition coefficient (Wildman–Crippen LogP) is 1.01. The van der Waals surface area contributed by atoms with Crippen molar-refractivity contribution in [3.63, 3.8) is 0 Å². The van der Waals surface area contributed by atoms with E-state index in [0.29, 0.717) is 25.0 Å². The summed E-state index contributed by atoms with van der Waals surface area (Å²) < 4.78 is 30.3. The Morgan fingerprint density at radius 2 is 2.04 bits per heavy atom. The molecule has 1 saturated carbocycles. The second kappa shape index (κ2) is 10.1. The fourth-order valence-corrected chi connectivity index (χ4v) is 4.77. The molecule has 142 valence electrons. The highest BCUT2D eigenvalue weighted by atomic mass is 127. The number of rotatable bonds is 8. The first kappa shape index (κ1) is 21.9. The van der Waals surface area contributed by atoms with Crippen molar-refractivity contribution in [2.75, 3.05) is 52.7 Å². The van der Waals surface area contributed by atoms with Crippen LogP contribution in [0.1, 0.15) is 32.1 Å². The van der Waals surface area contributed by atoms with E-state index >= 15 is 0 Å². The third kappa shape index (κ3) is 5.99. The Morgan fingerprint density at radius 1 is 1.29 bits per heavy atom. The lowest BCUT2D eigenvalue weighted by atomic mass is 9.67. The van der Waals surface area contributed by atoms with E-state index in [1.54, 1.807) is 18.5 Å². The summed E-state index contributed by atoms with van der Waals surface area (Å²) in [5.41, 5.74) is 0.325. The van der Waals surface area contributed by atoms with Crippen LogP contribution in [0.4, 0.5) is 0 Å². The van der Waals surface area contributed by atoms with Gasteiger partial charge in [0, 0.05) is 46.9 Å². The first-order chi connectivity index (χ1) is 11.0. The minimum atomic E-state index is -3.01. The number of halogens is 1. The van der Waals surface area contributed by atoms with Gasteiger partial charge < -0.3 is 15.4 Å². The molecule has 0 aromatic rings. The maximum atomic E-state index is 11.8. The summed E-state index contributed by atoms with van der Waals surface area (Å²) in [4.78, 5) is 4.23. The van der Waals surface area contributed by atoms with Gasteiger partial charge in [-0.25, -0.2) is 12.7 Å². The monoisotopic (exact) mass is 474 g/mol. The quantitative estimate of drug-likeness (QED) is 0.312. The number of nitrogens with zero attached hydrogens (tertiary/aromatic N) is 2. The highest BCUT2D eigenvalue weighted by Crippen LogP contribution is 2.43. The average molecular weight is 474 g/mol. The van der Waals surface area contributed by atoms with Gasteiger partial charge in [-0.05, 0) is 31.1 Å². The van der Waals surface area contributed by atoms with Gasteiger partial charge >= 0.3 is 0 Å².